The van der Waals surface area contributed by atoms with Crippen molar-refractivity contribution in [1.82, 2.24) is 30.6 Å². The minimum Gasteiger partial charge on any atom is -0.345 e. The molecular weight excluding hydrogens is 398 g/mol. The fourth-order valence-electron chi connectivity index (χ4n) is 3.56. The van der Waals surface area contributed by atoms with Crippen molar-refractivity contribution in [2.45, 2.75) is 32.6 Å². The van der Waals surface area contributed by atoms with E-state index in [0.29, 0.717) is 12.4 Å². The summed E-state index contributed by atoms with van der Waals surface area (Å²) in [6.45, 7) is 2.77. The molecule has 2 aromatic heterocycles. The number of aromatic nitrogens is 6. The van der Waals surface area contributed by atoms with Gasteiger partial charge in [-0.15, -0.1) is 22.6 Å². The molecule has 2 heterocycles. The number of rotatable bonds is 8. The van der Waals surface area contributed by atoms with Gasteiger partial charge in [0.1, 0.15) is 5.82 Å². The van der Waals surface area contributed by atoms with Gasteiger partial charge in [0, 0.05) is 30.5 Å². The van der Waals surface area contributed by atoms with Gasteiger partial charge in [0.15, 0.2) is 0 Å². The number of nitrogens with one attached hydrogen (secondary N) is 2. The van der Waals surface area contributed by atoms with E-state index in [1.54, 1.807) is 0 Å². The number of nitrogens with two attached hydrogens (primary N) is 1. The lowest BCUT2D eigenvalue weighted by Crippen LogP contribution is -2.05. The fraction of sp³-hybridized carbons (Fsp3) is 0.273. The Kier molecular flexibility index (Phi) is 7.32. The number of hydrogen-bond donors (Lipinski definition) is 3. The summed E-state index contributed by atoms with van der Waals surface area (Å²) in [7, 11) is 0. The van der Waals surface area contributed by atoms with Crippen LogP contribution in [0.2, 0.25) is 0 Å². The normalized spacial score (nSPS) is 10.7. The molecule has 2 aromatic carbocycles. The van der Waals surface area contributed by atoms with E-state index in [4.69, 9.17) is 10.7 Å². The first-order valence-corrected chi connectivity index (χ1v) is 9.97. The Morgan fingerprint density at radius 2 is 1.73 bits per heavy atom. The van der Waals surface area contributed by atoms with Crippen molar-refractivity contribution in [3.05, 3.63) is 71.3 Å². The van der Waals surface area contributed by atoms with Crippen LogP contribution in [-0.2, 0) is 19.3 Å². The third-order valence-electron chi connectivity index (χ3n) is 4.94. The average molecular weight is 424 g/mol. The molecule has 0 atom stereocenters. The Labute approximate surface area is 181 Å². The maximum Gasteiger partial charge on any atom is 0.205 e. The van der Waals surface area contributed by atoms with Gasteiger partial charge in [0.2, 0.25) is 5.82 Å². The third-order valence-corrected chi connectivity index (χ3v) is 4.94. The Morgan fingerprint density at radius 3 is 2.40 bits per heavy atom. The van der Waals surface area contributed by atoms with Gasteiger partial charge >= 0.3 is 0 Å². The Hall–Kier alpha value is -3.03. The van der Waals surface area contributed by atoms with E-state index >= 15 is 0 Å². The summed E-state index contributed by atoms with van der Waals surface area (Å²) in [6, 6.07) is 16.7. The zero-order valence-electron chi connectivity index (χ0n) is 16.9. The quantitative estimate of drug-likeness (QED) is 0.400. The molecule has 30 heavy (non-hydrogen) atoms. The lowest BCUT2D eigenvalue weighted by molar-refractivity contribution is 0.843. The topological polar surface area (TPSA) is 109 Å². The summed E-state index contributed by atoms with van der Waals surface area (Å²) in [5, 5.41) is 14.4. The first-order chi connectivity index (χ1) is 14.3. The van der Waals surface area contributed by atoms with Gasteiger partial charge in [0.05, 0.1) is 5.69 Å². The minimum atomic E-state index is 0. The highest BCUT2D eigenvalue weighted by molar-refractivity contribution is 5.85. The number of H-pyrrole nitrogens is 2. The number of benzene rings is 2. The van der Waals surface area contributed by atoms with Gasteiger partial charge in [-0.05, 0) is 34.9 Å². The van der Waals surface area contributed by atoms with E-state index in [-0.39, 0.29) is 12.4 Å². The van der Waals surface area contributed by atoms with E-state index in [0.717, 1.165) is 53.9 Å². The molecule has 4 aromatic rings. The summed E-state index contributed by atoms with van der Waals surface area (Å²) in [5.41, 5.74) is 12.4. The number of tetrazole rings is 1. The maximum absolute atomic E-state index is 5.77. The van der Waals surface area contributed by atoms with Gasteiger partial charge < -0.3 is 10.7 Å². The van der Waals surface area contributed by atoms with Crippen molar-refractivity contribution < 1.29 is 0 Å². The van der Waals surface area contributed by atoms with Crippen molar-refractivity contribution in [1.29, 1.82) is 0 Å². The first-order valence-electron chi connectivity index (χ1n) is 9.97. The standard InChI is InChI=1S/C22H25N7.ClH/c1-2-5-21-24-19(12-13-23)20(25-21)14-15-8-10-16(11-9-15)17-6-3-4-7-18(17)22-26-28-29-27-22;/h3-4,6-11H,2,5,12-14,23H2,1H3,(H,24,25)(H,26,27,28,29);1H. The largest absolute Gasteiger partial charge is 0.345 e. The molecule has 8 heteroatoms. The zero-order valence-corrected chi connectivity index (χ0v) is 17.7. The molecule has 0 amide bonds. The predicted octanol–water partition coefficient (Wildman–Crippen LogP) is 3.72. The van der Waals surface area contributed by atoms with E-state index in [9.17, 15) is 0 Å². The average Bonchev–Trinajstić information content (AvgIpc) is 3.40. The summed E-state index contributed by atoms with van der Waals surface area (Å²) in [6.07, 6.45) is 3.65. The molecule has 4 rings (SSSR count). The molecule has 0 bridgehead atoms. The van der Waals surface area contributed by atoms with Crippen molar-refractivity contribution in [3.63, 3.8) is 0 Å². The van der Waals surface area contributed by atoms with Crippen molar-refractivity contribution in [2.75, 3.05) is 6.54 Å². The van der Waals surface area contributed by atoms with Crippen LogP contribution in [0.25, 0.3) is 22.5 Å². The smallest absolute Gasteiger partial charge is 0.205 e. The summed E-state index contributed by atoms with van der Waals surface area (Å²) < 4.78 is 0. The second-order valence-electron chi connectivity index (χ2n) is 7.05. The van der Waals surface area contributed by atoms with E-state index in [2.05, 4.69) is 62.9 Å². The molecule has 0 radical (unpaired) electrons. The van der Waals surface area contributed by atoms with E-state index in [1.807, 2.05) is 18.2 Å². The fourth-order valence-corrected chi connectivity index (χ4v) is 3.56. The molecule has 7 nitrogen and oxygen atoms in total. The number of nitrogens with zero attached hydrogens (tertiary/aromatic N) is 4. The molecule has 0 aliphatic heterocycles. The van der Waals surface area contributed by atoms with Crippen molar-refractivity contribution in [2.24, 2.45) is 5.73 Å². The van der Waals surface area contributed by atoms with Crippen LogP contribution in [-0.4, -0.2) is 37.1 Å². The van der Waals surface area contributed by atoms with Crippen LogP contribution in [0.4, 0.5) is 0 Å². The molecular formula is C22H26ClN7. The van der Waals surface area contributed by atoms with Gasteiger partial charge in [-0.2, -0.15) is 5.21 Å². The van der Waals surface area contributed by atoms with Crippen LogP contribution in [0.3, 0.4) is 0 Å². The van der Waals surface area contributed by atoms with Crippen LogP contribution < -0.4 is 5.73 Å². The number of aromatic amines is 2. The molecule has 0 saturated carbocycles. The van der Waals surface area contributed by atoms with Crippen LogP contribution in [0.5, 0.6) is 0 Å². The molecule has 0 fully saturated rings. The summed E-state index contributed by atoms with van der Waals surface area (Å²) in [4.78, 5) is 8.23. The molecule has 0 aliphatic rings. The predicted molar refractivity (Wildman–Crippen MR) is 120 cm³/mol. The lowest BCUT2D eigenvalue weighted by atomic mass is 9.97. The van der Waals surface area contributed by atoms with Gasteiger partial charge in [-0.1, -0.05) is 55.5 Å². The number of imidazole rings is 1. The van der Waals surface area contributed by atoms with Crippen LogP contribution >= 0.6 is 12.4 Å². The highest BCUT2D eigenvalue weighted by Gasteiger charge is 2.12. The second kappa shape index (κ2) is 10.1. The lowest BCUT2D eigenvalue weighted by Gasteiger charge is -2.08. The monoisotopic (exact) mass is 423 g/mol. The number of aryl methyl sites for hydroxylation is 1. The Morgan fingerprint density at radius 1 is 0.967 bits per heavy atom. The van der Waals surface area contributed by atoms with Crippen molar-refractivity contribution >= 4 is 12.4 Å². The first kappa shape index (κ1) is 21.7. The van der Waals surface area contributed by atoms with Crippen LogP contribution in [0.15, 0.2) is 48.5 Å². The SMILES string of the molecule is CCCc1nc(CCN)c(Cc2ccc(-c3ccccc3-c3nn[nH]n3)cc2)[nH]1.Cl. The third kappa shape index (κ3) is 4.75. The Bertz CT molecular complexity index is 1060. The van der Waals surface area contributed by atoms with Gasteiger partial charge in [-0.3, -0.25) is 0 Å². The maximum atomic E-state index is 5.77. The highest BCUT2D eigenvalue weighted by atomic mass is 35.5. The van der Waals surface area contributed by atoms with Crippen LogP contribution in [0, 0.1) is 0 Å². The molecule has 0 unspecified atom stereocenters. The molecule has 0 aliphatic carbocycles. The van der Waals surface area contributed by atoms with E-state index in [1.165, 1.54) is 11.3 Å². The molecule has 156 valence electrons. The summed E-state index contributed by atoms with van der Waals surface area (Å²) in [5.74, 6) is 1.65. The zero-order chi connectivity index (χ0) is 20.1. The molecule has 0 saturated heterocycles. The Balaban J connectivity index is 0.00000256. The van der Waals surface area contributed by atoms with Crippen molar-refractivity contribution in [3.8, 4) is 22.5 Å². The number of hydrogen-bond acceptors (Lipinski definition) is 5. The molecule has 4 N–H and O–H groups in total. The van der Waals surface area contributed by atoms with E-state index < -0.39 is 0 Å². The second-order valence-corrected chi connectivity index (χ2v) is 7.05. The van der Waals surface area contributed by atoms with Gasteiger partial charge in [-0.25, -0.2) is 4.98 Å². The highest BCUT2D eigenvalue weighted by Crippen LogP contribution is 2.30. The summed E-state index contributed by atoms with van der Waals surface area (Å²) >= 11 is 0. The van der Waals surface area contributed by atoms with Crippen LogP contribution in [0.1, 0.15) is 36.1 Å². The van der Waals surface area contributed by atoms with Gasteiger partial charge in [0.25, 0.3) is 0 Å². The minimum absolute atomic E-state index is 0. The number of halogens is 1. The molecule has 0 spiro atoms.